The van der Waals surface area contributed by atoms with Gasteiger partial charge in [-0.3, -0.25) is 0 Å². The summed E-state index contributed by atoms with van der Waals surface area (Å²) in [4.78, 5) is 6.84. The van der Waals surface area contributed by atoms with E-state index in [1.807, 2.05) is 0 Å². The maximum atomic E-state index is 5.62. The first kappa shape index (κ1) is 11.9. The van der Waals surface area contributed by atoms with Gasteiger partial charge in [0, 0.05) is 24.9 Å². The summed E-state index contributed by atoms with van der Waals surface area (Å²) in [6.07, 6.45) is 5.33. The molecular weight excluding hydrogens is 218 g/mol. The van der Waals surface area contributed by atoms with E-state index < -0.39 is 0 Å². The van der Waals surface area contributed by atoms with Gasteiger partial charge in [-0.05, 0) is 25.3 Å². The summed E-state index contributed by atoms with van der Waals surface area (Å²) in [7, 11) is 0. The zero-order valence-electron chi connectivity index (χ0n) is 9.98. The standard InChI is InChI=1S/C12H21N3S/c1-2-15(8-10-4-3-5-10)7-6-11-9-16-12(13)14-11/h9-10H,2-8H2,1H3,(H2,13,14). The lowest BCUT2D eigenvalue weighted by Crippen LogP contribution is -2.33. The molecule has 90 valence electrons. The van der Waals surface area contributed by atoms with Crippen LogP contribution in [-0.4, -0.2) is 29.5 Å². The quantitative estimate of drug-likeness (QED) is 0.829. The van der Waals surface area contributed by atoms with Crippen molar-refractivity contribution in [1.82, 2.24) is 9.88 Å². The van der Waals surface area contributed by atoms with E-state index in [0.29, 0.717) is 5.13 Å². The molecule has 0 aromatic carbocycles. The third-order valence-corrected chi connectivity index (χ3v) is 4.16. The van der Waals surface area contributed by atoms with Crippen molar-refractivity contribution in [3.8, 4) is 0 Å². The fourth-order valence-electron chi connectivity index (χ4n) is 2.13. The molecule has 4 heteroatoms. The van der Waals surface area contributed by atoms with E-state index >= 15 is 0 Å². The summed E-state index contributed by atoms with van der Waals surface area (Å²) in [6, 6.07) is 0. The smallest absolute Gasteiger partial charge is 0.180 e. The SMILES string of the molecule is CCN(CCc1csc(N)n1)CC1CCC1. The van der Waals surface area contributed by atoms with E-state index in [1.165, 1.54) is 25.8 Å². The highest BCUT2D eigenvalue weighted by Crippen LogP contribution is 2.27. The number of nitrogens with zero attached hydrogens (tertiary/aromatic N) is 2. The molecule has 0 saturated heterocycles. The van der Waals surface area contributed by atoms with Crippen molar-refractivity contribution in [2.45, 2.75) is 32.6 Å². The van der Waals surface area contributed by atoms with Crippen LogP contribution in [0.4, 0.5) is 5.13 Å². The topological polar surface area (TPSA) is 42.1 Å². The molecular formula is C12H21N3S. The van der Waals surface area contributed by atoms with Crippen molar-refractivity contribution in [2.75, 3.05) is 25.4 Å². The number of hydrogen-bond donors (Lipinski definition) is 1. The second-order valence-electron chi connectivity index (χ2n) is 4.62. The van der Waals surface area contributed by atoms with Gasteiger partial charge < -0.3 is 10.6 Å². The highest BCUT2D eigenvalue weighted by atomic mass is 32.1. The summed E-state index contributed by atoms with van der Waals surface area (Å²) in [6.45, 7) is 5.79. The molecule has 1 heterocycles. The van der Waals surface area contributed by atoms with Gasteiger partial charge in [-0.2, -0.15) is 0 Å². The monoisotopic (exact) mass is 239 g/mol. The van der Waals surface area contributed by atoms with Gasteiger partial charge in [-0.25, -0.2) is 4.98 Å². The zero-order valence-corrected chi connectivity index (χ0v) is 10.8. The molecule has 0 amide bonds. The van der Waals surface area contributed by atoms with Crippen molar-refractivity contribution in [2.24, 2.45) is 5.92 Å². The molecule has 1 aliphatic rings. The number of aromatic nitrogens is 1. The number of anilines is 1. The Balaban J connectivity index is 1.73. The fourth-order valence-corrected chi connectivity index (χ4v) is 2.73. The lowest BCUT2D eigenvalue weighted by Gasteiger charge is -2.31. The van der Waals surface area contributed by atoms with Crippen LogP contribution in [0.5, 0.6) is 0 Å². The first-order chi connectivity index (χ1) is 7.78. The normalized spacial score (nSPS) is 16.6. The maximum Gasteiger partial charge on any atom is 0.180 e. The summed E-state index contributed by atoms with van der Waals surface area (Å²) >= 11 is 1.54. The molecule has 1 aromatic heterocycles. The minimum absolute atomic E-state index is 0.692. The Morgan fingerprint density at radius 2 is 2.38 bits per heavy atom. The van der Waals surface area contributed by atoms with Crippen LogP contribution in [0.3, 0.4) is 0 Å². The Labute approximate surface area is 102 Å². The average molecular weight is 239 g/mol. The molecule has 0 unspecified atom stereocenters. The van der Waals surface area contributed by atoms with E-state index in [2.05, 4.69) is 22.2 Å². The number of rotatable bonds is 6. The molecule has 0 aliphatic heterocycles. The molecule has 0 spiro atoms. The number of nitrogen functional groups attached to an aromatic ring is 1. The van der Waals surface area contributed by atoms with Gasteiger partial charge in [0.05, 0.1) is 5.69 Å². The predicted molar refractivity (Wildman–Crippen MR) is 69.7 cm³/mol. The van der Waals surface area contributed by atoms with E-state index in [9.17, 15) is 0 Å². The summed E-state index contributed by atoms with van der Waals surface area (Å²) < 4.78 is 0. The van der Waals surface area contributed by atoms with Gasteiger partial charge in [-0.1, -0.05) is 13.3 Å². The average Bonchev–Trinajstić information content (AvgIpc) is 2.62. The van der Waals surface area contributed by atoms with Gasteiger partial charge in [0.25, 0.3) is 0 Å². The Hall–Kier alpha value is -0.610. The van der Waals surface area contributed by atoms with Crippen molar-refractivity contribution in [3.05, 3.63) is 11.1 Å². The van der Waals surface area contributed by atoms with Crippen molar-refractivity contribution in [3.63, 3.8) is 0 Å². The Morgan fingerprint density at radius 3 is 2.88 bits per heavy atom. The molecule has 1 saturated carbocycles. The molecule has 0 atom stereocenters. The van der Waals surface area contributed by atoms with Gasteiger partial charge in [0.15, 0.2) is 5.13 Å². The van der Waals surface area contributed by atoms with E-state index in [1.54, 1.807) is 11.3 Å². The van der Waals surface area contributed by atoms with Crippen molar-refractivity contribution in [1.29, 1.82) is 0 Å². The predicted octanol–water partition coefficient (Wildman–Crippen LogP) is 2.39. The van der Waals surface area contributed by atoms with Crippen LogP contribution in [0.2, 0.25) is 0 Å². The molecule has 1 fully saturated rings. The van der Waals surface area contributed by atoms with Gasteiger partial charge >= 0.3 is 0 Å². The van der Waals surface area contributed by atoms with Crippen LogP contribution in [-0.2, 0) is 6.42 Å². The van der Waals surface area contributed by atoms with Gasteiger partial charge in [0.1, 0.15) is 0 Å². The summed E-state index contributed by atoms with van der Waals surface area (Å²) in [5, 5.41) is 2.77. The third kappa shape index (κ3) is 3.19. The molecule has 2 rings (SSSR count). The number of thiazole rings is 1. The molecule has 1 aromatic rings. The molecule has 1 aliphatic carbocycles. The van der Waals surface area contributed by atoms with Crippen molar-refractivity contribution >= 4 is 16.5 Å². The molecule has 0 radical (unpaired) electrons. The maximum absolute atomic E-state index is 5.62. The van der Waals surface area contributed by atoms with Crippen LogP contribution in [0.1, 0.15) is 31.9 Å². The third-order valence-electron chi connectivity index (χ3n) is 3.44. The second kappa shape index (κ2) is 5.64. The van der Waals surface area contributed by atoms with E-state index in [-0.39, 0.29) is 0 Å². The van der Waals surface area contributed by atoms with Crippen molar-refractivity contribution < 1.29 is 0 Å². The van der Waals surface area contributed by atoms with E-state index in [0.717, 1.165) is 31.1 Å². The summed E-state index contributed by atoms with van der Waals surface area (Å²) in [5.41, 5.74) is 6.77. The zero-order chi connectivity index (χ0) is 11.4. The number of nitrogens with two attached hydrogens (primary N) is 1. The van der Waals surface area contributed by atoms with Crippen LogP contribution >= 0.6 is 11.3 Å². The number of likely N-dealkylation sites (N-methyl/N-ethyl adjacent to an activating group) is 1. The lowest BCUT2D eigenvalue weighted by molar-refractivity contribution is 0.185. The second-order valence-corrected chi connectivity index (χ2v) is 5.51. The fraction of sp³-hybridized carbons (Fsp3) is 0.750. The molecule has 2 N–H and O–H groups in total. The van der Waals surface area contributed by atoms with Gasteiger partial charge in [0.2, 0.25) is 0 Å². The molecule has 0 bridgehead atoms. The first-order valence-corrected chi connectivity index (χ1v) is 7.08. The van der Waals surface area contributed by atoms with Gasteiger partial charge in [-0.15, -0.1) is 11.3 Å². The minimum Gasteiger partial charge on any atom is -0.375 e. The lowest BCUT2D eigenvalue weighted by atomic mass is 9.85. The highest BCUT2D eigenvalue weighted by Gasteiger charge is 2.19. The Morgan fingerprint density at radius 1 is 1.56 bits per heavy atom. The molecule has 16 heavy (non-hydrogen) atoms. The van der Waals surface area contributed by atoms with E-state index in [4.69, 9.17) is 5.73 Å². The van der Waals surface area contributed by atoms with Crippen LogP contribution in [0.15, 0.2) is 5.38 Å². The number of hydrogen-bond acceptors (Lipinski definition) is 4. The van der Waals surface area contributed by atoms with Crippen LogP contribution in [0.25, 0.3) is 0 Å². The first-order valence-electron chi connectivity index (χ1n) is 6.20. The Bertz CT molecular complexity index is 320. The largest absolute Gasteiger partial charge is 0.375 e. The minimum atomic E-state index is 0.692. The summed E-state index contributed by atoms with van der Waals surface area (Å²) in [5.74, 6) is 0.959. The Kier molecular flexibility index (Phi) is 4.18. The highest BCUT2D eigenvalue weighted by molar-refractivity contribution is 7.13. The molecule has 3 nitrogen and oxygen atoms in total. The van der Waals surface area contributed by atoms with Crippen LogP contribution < -0.4 is 5.73 Å². The van der Waals surface area contributed by atoms with Crippen LogP contribution in [0, 0.1) is 5.92 Å².